The number of benzene rings is 1. The van der Waals surface area contributed by atoms with Crippen molar-refractivity contribution in [3.05, 3.63) is 54.1 Å². The molecule has 0 saturated carbocycles. The Balaban J connectivity index is 1.46. The molecular formula is C23H22ClN5O3S. The van der Waals surface area contributed by atoms with Crippen molar-refractivity contribution in [2.75, 3.05) is 25.1 Å². The maximum absolute atomic E-state index is 12.6. The molecule has 2 atom stereocenters. The number of hydrogen-bond donors (Lipinski definition) is 3. The first kappa shape index (κ1) is 21.7. The van der Waals surface area contributed by atoms with Gasteiger partial charge in [-0.15, -0.1) is 17.9 Å². The van der Waals surface area contributed by atoms with Gasteiger partial charge >= 0.3 is 0 Å². The van der Waals surface area contributed by atoms with Gasteiger partial charge in [-0.25, -0.2) is 9.98 Å². The first-order valence-corrected chi connectivity index (χ1v) is 11.7. The molecule has 2 unspecified atom stereocenters. The van der Waals surface area contributed by atoms with Crippen LogP contribution >= 0.6 is 22.9 Å². The third kappa shape index (κ3) is 4.27. The number of halogens is 1. The fourth-order valence-electron chi connectivity index (χ4n) is 3.76. The first-order valence-electron chi connectivity index (χ1n) is 10.5. The molecule has 0 aliphatic carbocycles. The highest BCUT2D eigenvalue weighted by Gasteiger charge is 2.29. The number of carbonyl (C=O) groups excluding carboxylic acids is 1. The fraction of sp³-hybridized carbons (Fsp3) is 0.261. The molecule has 0 radical (unpaired) electrons. The Morgan fingerprint density at radius 1 is 1.36 bits per heavy atom. The van der Waals surface area contributed by atoms with Crippen molar-refractivity contribution in [1.82, 2.24) is 15.6 Å². The molecule has 170 valence electrons. The van der Waals surface area contributed by atoms with Gasteiger partial charge in [0.1, 0.15) is 11.5 Å². The minimum absolute atomic E-state index is 0.0512. The minimum Gasteiger partial charge on any atom is -0.421 e. The lowest BCUT2D eigenvalue weighted by Gasteiger charge is -2.26. The van der Waals surface area contributed by atoms with E-state index >= 15 is 0 Å². The van der Waals surface area contributed by atoms with Gasteiger partial charge in [0.05, 0.1) is 17.8 Å². The van der Waals surface area contributed by atoms with Crippen LogP contribution in [0, 0.1) is 0 Å². The number of anilines is 1. The van der Waals surface area contributed by atoms with E-state index in [4.69, 9.17) is 21.1 Å². The Hall–Kier alpha value is -3.14. The van der Waals surface area contributed by atoms with Crippen molar-refractivity contribution < 1.29 is 14.3 Å². The van der Waals surface area contributed by atoms with Crippen LogP contribution in [0.4, 0.5) is 5.69 Å². The number of amides is 1. The van der Waals surface area contributed by atoms with Gasteiger partial charge in [0.15, 0.2) is 0 Å². The molecular weight excluding hydrogens is 462 g/mol. The molecule has 1 amide bonds. The molecule has 4 heterocycles. The van der Waals surface area contributed by atoms with Crippen LogP contribution in [0.15, 0.2) is 54.2 Å². The third-order valence-electron chi connectivity index (χ3n) is 5.22. The van der Waals surface area contributed by atoms with Gasteiger partial charge in [0.2, 0.25) is 16.9 Å². The Morgan fingerprint density at radius 2 is 2.24 bits per heavy atom. The Labute approximate surface area is 199 Å². The number of rotatable bonds is 5. The summed E-state index contributed by atoms with van der Waals surface area (Å²) in [6.45, 7) is 6.77. The van der Waals surface area contributed by atoms with Crippen LogP contribution in [-0.2, 0) is 4.74 Å². The predicted molar refractivity (Wildman–Crippen MR) is 132 cm³/mol. The SMILES string of the molecule is C=CCOCC1(Cl)N=C(Oc2ccc3c(ccc4sc5c(c43)NCC(C)NC5=O)n2)C=CN1. The van der Waals surface area contributed by atoms with Crippen LogP contribution in [0.1, 0.15) is 16.6 Å². The Morgan fingerprint density at radius 3 is 3.09 bits per heavy atom. The molecule has 10 heteroatoms. The average Bonchev–Trinajstić information content (AvgIpc) is 3.10. The van der Waals surface area contributed by atoms with Gasteiger partial charge in [-0.1, -0.05) is 17.7 Å². The van der Waals surface area contributed by atoms with Gasteiger partial charge in [-0.05, 0) is 25.1 Å². The summed E-state index contributed by atoms with van der Waals surface area (Å²) in [4.78, 5) is 22.4. The number of hydrogen-bond acceptors (Lipinski definition) is 8. The van der Waals surface area contributed by atoms with Crippen molar-refractivity contribution in [1.29, 1.82) is 0 Å². The number of carbonyl (C=O) groups is 1. The molecule has 2 aromatic heterocycles. The number of aliphatic imine (C=N–C) groups is 1. The van der Waals surface area contributed by atoms with Gasteiger partial charge in [0.25, 0.3) is 5.91 Å². The number of alkyl halides is 1. The van der Waals surface area contributed by atoms with Crippen molar-refractivity contribution in [2.45, 2.75) is 18.1 Å². The quantitative estimate of drug-likeness (QED) is 0.220. The summed E-state index contributed by atoms with van der Waals surface area (Å²) in [6, 6.07) is 7.70. The zero-order valence-electron chi connectivity index (χ0n) is 17.9. The van der Waals surface area contributed by atoms with Crippen molar-refractivity contribution in [2.24, 2.45) is 4.99 Å². The highest BCUT2D eigenvalue weighted by Crippen LogP contribution is 2.41. The number of nitrogens with zero attached hydrogens (tertiary/aromatic N) is 2. The highest BCUT2D eigenvalue weighted by molar-refractivity contribution is 7.21. The van der Waals surface area contributed by atoms with Crippen LogP contribution in [0.25, 0.3) is 21.0 Å². The van der Waals surface area contributed by atoms with E-state index in [0.717, 1.165) is 26.7 Å². The normalized spacial score (nSPS) is 22.1. The maximum atomic E-state index is 12.6. The van der Waals surface area contributed by atoms with E-state index in [1.54, 1.807) is 24.4 Å². The van der Waals surface area contributed by atoms with Gasteiger partial charge in [-0.2, -0.15) is 0 Å². The molecule has 0 saturated heterocycles. The van der Waals surface area contributed by atoms with Gasteiger partial charge < -0.3 is 25.4 Å². The molecule has 0 spiro atoms. The minimum atomic E-state index is -1.16. The lowest BCUT2D eigenvalue weighted by atomic mass is 10.1. The average molecular weight is 484 g/mol. The highest BCUT2D eigenvalue weighted by atomic mass is 35.5. The zero-order chi connectivity index (χ0) is 23.0. The number of ether oxygens (including phenoxy) is 2. The van der Waals surface area contributed by atoms with E-state index in [1.165, 1.54) is 11.3 Å². The summed E-state index contributed by atoms with van der Waals surface area (Å²) < 4.78 is 12.3. The number of fused-ring (bicyclic) bond motifs is 5. The summed E-state index contributed by atoms with van der Waals surface area (Å²) in [7, 11) is 0. The molecule has 1 aromatic carbocycles. The van der Waals surface area contributed by atoms with E-state index in [0.29, 0.717) is 29.8 Å². The van der Waals surface area contributed by atoms with Gasteiger partial charge in [0, 0.05) is 46.4 Å². The molecule has 5 rings (SSSR count). The lowest BCUT2D eigenvalue weighted by molar-refractivity contribution is 0.0949. The number of aromatic nitrogens is 1. The van der Waals surface area contributed by atoms with E-state index in [2.05, 4.69) is 32.5 Å². The fourth-order valence-corrected chi connectivity index (χ4v) is 5.09. The summed E-state index contributed by atoms with van der Waals surface area (Å²) in [5.41, 5.74) is 1.61. The van der Waals surface area contributed by atoms with E-state index < -0.39 is 5.12 Å². The van der Waals surface area contributed by atoms with Crippen LogP contribution in [-0.4, -0.2) is 47.7 Å². The Bertz CT molecular complexity index is 1320. The topological polar surface area (TPSA) is 96.9 Å². The molecule has 3 aromatic rings. The summed E-state index contributed by atoms with van der Waals surface area (Å²) in [6.07, 6.45) is 4.98. The molecule has 0 bridgehead atoms. The smallest absolute Gasteiger partial charge is 0.263 e. The van der Waals surface area contributed by atoms with E-state index in [-0.39, 0.29) is 18.6 Å². The second kappa shape index (κ2) is 8.66. The number of pyridine rings is 1. The summed E-state index contributed by atoms with van der Waals surface area (Å²) >= 11 is 7.95. The van der Waals surface area contributed by atoms with Crippen LogP contribution < -0.4 is 20.7 Å². The van der Waals surface area contributed by atoms with E-state index in [1.807, 2.05) is 25.1 Å². The maximum Gasteiger partial charge on any atom is 0.263 e. The number of thiophene rings is 1. The van der Waals surface area contributed by atoms with Crippen molar-refractivity contribution >= 4 is 61.4 Å². The zero-order valence-corrected chi connectivity index (χ0v) is 19.4. The predicted octanol–water partition coefficient (Wildman–Crippen LogP) is 3.98. The van der Waals surface area contributed by atoms with Crippen LogP contribution in [0.5, 0.6) is 5.88 Å². The van der Waals surface area contributed by atoms with Gasteiger partial charge in [-0.3, -0.25) is 4.79 Å². The first-order chi connectivity index (χ1) is 16.0. The second-order valence-corrected chi connectivity index (χ2v) is 9.49. The molecule has 8 nitrogen and oxygen atoms in total. The standard InChI is InChI=1S/C23H22ClN5O3S/c1-3-10-31-12-23(24)26-9-8-18(29-23)32-17-7-4-14-15(28-17)5-6-16-19(14)20-21(33-16)22(30)27-13(2)11-25-20/h3-9,13,25-26H,1,10-12H2,2H3,(H,27,30). The Kier molecular flexibility index (Phi) is 5.69. The number of nitrogens with one attached hydrogen (secondary N) is 3. The third-order valence-corrected chi connectivity index (χ3v) is 6.68. The summed E-state index contributed by atoms with van der Waals surface area (Å²) in [5.74, 6) is 0.650. The molecule has 0 fully saturated rings. The second-order valence-electron chi connectivity index (χ2n) is 7.81. The molecule has 2 aliphatic heterocycles. The van der Waals surface area contributed by atoms with Crippen LogP contribution in [0.3, 0.4) is 0 Å². The molecule has 33 heavy (non-hydrogen) atoms. The van der Waals surface area contributed by atoms with Crippen molar-refractivity contribution in [3.63, 3.8) is 0 Å². The summed E-state index contributed by atoms with van der Waals surface area (Å²) in [5, 5.41) is 10.2. The molecule has 2 aliphatic rings. The lowest BCUT2D eigenvalue weighted by Crippen LogP contribution is -2.42. The van der Waals surface area contributed by atoms with Crippen LogP contribution in [0.2, 0.25) is 0 Å². The van der Waals surface area contributed by atoms with E-state index in [9.17, 15) is 4.79 Å². The monoisotopic (exact) mass is 483 g/mol. The largest absolute Gasteiger partial charge is 0.421 e. The molecule has 3 N–H and O–H groups in total. The van der Waals surface area contributed by atoms with Crippen molar-refractivity contribution in [3.8, 4) is 5.88 Å².